The van der Waals surface area contributed by atoms with Gasteiger partial charge in [-0.25, -0.2) is 10.7 Å². The van der Waals surface area contributed by atoms with Crippen LogP contribution in [0.1, 0.15) is 13.8 Å². The summed E-state index contributed by atoms with van der Waals surface area (Å²) in [6.45, 7) is 3.16. The Bertz CT molecular complexity index is 146. The first-order valence-electron chi connectivity index (χ1n) is 3.09. The molecular formula is C6H13NO4. The lowest BCUT2D eigenvalue weighted by atomic mass is 10.0. The van der Waals surface area contributed by atoms with E-state index in [4.69, 9.17) is 15.7 Å². The van der Waals surface area contributed by atoms with Gasteiger partial charge in [-0.15, -0.1) is 0 Å². The first-order valence-corrected chi connectivity index (χ1v) is 3.09. The van der Waals surface area contributed by atoms with Crippen LogP contribution in [0.25, 0.3) is 0 Å². The van der Waals surface area contributed by atoms with Crippen LogP contribution in [0, 0.1) is 0 Å². The number of hydrogen-bond acceptors (Lipinski definition) is 4. The van der Waals surface area contributed by atoms with Gasteiger partial charge in [0.15, 0.2) is 0 Å². The van der Waals surface area contributed by atoms with Crippen molar-refractivity contribution in [2.24, 2.45) is 5.90 Å². The van der Waals surface area contributed by atoms with Crippen molar-refractivity contribution < 1.29 is 19.5 Å². The van der Waals surface area contributed by atoms with Crippen molar-refractivity contribution >= 4 is 5.97 Å². The molecule has 1 atom stereocenters. The molecule has 0 aromatic heterocycles. The van der Waals surface area contributed by atoms with Crippen molar-refractivity contribution in [2.45, 2.75) is 25.6 Å². The summed E-state index contributed by atoms with van der Waals surface area (Å²) >= 11 is 0. The number of nitrogens with two attached hydrogens (primary N) is 1. The minimum Gasteiger partial charge on any atom is -0.479 e. The van der Waals surface area contributed by atoms with Gasteiger partial charge in [0, 0.05) is 7.11 Å². The number of carbonyl (C=O) groups is 1. The number of rotatable bonds is 4. The molecule has 66 valence electrons. The summed E-state index contributed by atoms with van der Waals surface area (Å²) in [5, 5.41) is 8.55. The van der Waals surface area contributed by atoms with E-state index in [2.05, 4.69) is 4.84 Å². The third-order valence-corrected chi connectivity index (χ3v) is 1.52. The topological polar surface area (TPSA) is 81.8 Å². The minimum atomic E-state index is -1.15. The van der Waals surface area contributed by atoms with E-state index in [1.165, 1.54) is 7.11 Å². The first-order chi connectivity index (χ1) is 4.95. The molecule has 0 bridgehead atoms. The molecule has 5 nitrogen and oxygen atoms in total. The normalized spacial score (nSPS) is 14.5. The maximum atomic E-state index is 10.5. The monoisotopic (exact) mass is 163 g/mol. The minimum absolute atomic E-state index is 0.916. The van der Waals surface area contributed by atoms with E-state index in [0.717, 1.165) is 0 Å². The highest BCUT2D eigenvalue weighted by atomic mass is 16.7. The molecule has 0 spiro atoms. The average molecular weight is 163 g/mol. The predicted molar refractivity (Wildman–Crippen MR) is 37.8 cm³/mol. The van der Waals surface area contributed by atoms with Gasteiger partial charge in [0.25, 0.3) is 0 Å². The first kappa shape index (κ1) is 10.3. The van der Waals surface area contributed by atoms with E-state index in [1.54, 1.807) is 13.8 Å². The third-order valence-electron chi connectivity index (χ3n) is 1.52. The van der Waals surface area contributed by atoms with Crippen LogP contribution in [0.2, 0.25) is 0 Å². The van der Waals surface area contributed by atoms with Crippen LogP contribution < -0.4 is 5.90 Å². The van der Waals surface area contributed by atoms with Gasteiger partial charge in [-0.1, -0.05) is 0 Å². The van der Waals surface area contributed by atoms with Gasteiger partial charge in [0.1, 0.15) is 5.60 Å². The zero-order valence-electron chi connectivity index (χ0n) is 6.83. The summed E-state index contributed by atoms with van der Waals surface area (Å²) in [5.74, 6) is 3.64. The Hall–Kier alpha value is -0.650. The maximum absolute atomic E-state index is 10.5. The molecule has 0 aromatic carbocycles. The summed E-state index contributed by atoms with van der Waals surface area (Å²) in [7, 11) is 1.40. The Morgan fingerprint density at radius 1 is 1.64 bits per heavy atom. The van der Waals surface area contributed by atoms with E-state index < -0.39 is 17.7 Å². The summed E-state index contributed by atoms with van der Waals surface area (Å²) in [5.41, 5.74) is -0.916. The highest BCUT2D eigenvalue weighted by Gasteiger charge is 2.36. The van der Waals surface area contributed by atoms with Crippen LogP contribution >= 0.6 is 0 Å². The quantitative estimate of drug-likeness (QED) is 0.559. The number of hydrogen-bond donors (Lipinski definition) is 2. The van der Waals surface area contributed by atoms with Crippen LogP contribution in [0.15, 0.2) is 0 Å². The van der Waals surface area contributed by atoms with Gasteiger partial charge in [-0.2, -0.15) is 0 Å². The second-order valence-corrected chi connectivity index (χ2v) is 2.66. The van der Waals surface area contributed by atoms with Gasteiger partial charge in [-0.3, -0.25) is 4.84 Å². The van der Waals surface area contributed by atoms with Gasteiger partial charge < -0.3 is 9.84 Å². The fourth-order valence-corrected chi connectivity index (χ4v) is 0.626. The molecule has 11 heavy (non-hydrogen) atoms. The predicted octanol–water partition coefficient (Wildman–Crippen LogP) is -0.245. The SMILES string of the molecule is COC(C)(C)[C@H](ON)C(=O)O. The third kappa shape index (κ3) is 2.45. The molecule has 0 amide bonds. The Balaban J connectivity index is 4.36. The molecule has 5 heteroatoms. The molecule has 0 rings (SSSR count). The van der Waals surface area contributed by atoms with Gasteiger partial charge in [0.2, 0.25) is 6.10 Å². The van der Waals surface area contributed by atoms with Crippen LogP contribution in [-0.2, 0) is 14.4 Å². The van der Waals surface area contributed by atoms with Crippen molar-refractivity contribution in [3.05, 3.63) is 0 Å². The summed E-state index contributed by atoms with van der Waals surface area (Å²) in [6.07, 6.45) is -1.15. The van der Waals surface area contributed by atoms with Crippen molar-refractivity contribution in [3.8, 4) is 0 Å². The van der Waals surface area contributed by atoms with Crippen LogP contribution in [0.3, 0.4) is 0 Å². The summed E-state index contributed by atoms with van der Waals surface area (Å²) in [6, 6.07) is 0. The molecule has 0 radical (unpaired) electrons. The number of aliphatic carboxylic acids is 1. The molecule has 0 aromatic rings. The summed E-state index contributed by atoms with van der Waals surface area (Å²) in [4.78, 5) is 14.7. The van der Waals surface area contributed by atoms with Crippen LogP contribution in [-0.4, -0.2) is 29.9 Å². The molecule has 0 aliphatic rings. The second-order valence-electron chi connectivity index (χ2n) is 2.66. The number of methoxy groups -OCH3 is 1. The van der Waals surface area contributed by atoms with Crippen molar-refractivity contribution in [1.29, 1.82) is 0 Å². The number of carboxylic acid groups (broad SMARTS) is 1. The Labute approximate surface area is 65.0 Å². The van der Waals surface area contributed by atoms with Gasteiger partial charge in [-0.05, 0) is 13.8 Å². The Kier molecular flexibility index (Phi) is 3.44. The molecule has 0 heterocycles. The van der Waals surface area contributed by atoms with Crippen LogP contribution in [0.5, 0.6) is 0 Å². The second kappa shape index (κ2) is 3.66. The largest absolute Gasteiger partial charge is 0.479 e. The Morgan fingerprint density at radius 3 is 2.18 bits per heavy atom. The maximum Gasteiger partial charge on any atom is 0.338 e. The lowest BCUT2D eigenvalue weighted by Crippen LogP contribution is -2.47. The molecule has 0 saturated heterocycles. The highest BCUT2D eigenvalue weighted by Crippen LogP contribution is 2.15. The highest BCUT2D eigenvalue weighted by molar-refractivity contribution is 5.73. The zero-order chi connectivity index (χ0) is 9.07. The lowest BCUT2D eigenvalue weighted by molar-refractivity contribution is -0.172. The van der Waals surface area contributed by atoms with E-state index in [9.17, 15) is 4.79 Å². The number of carboxylic acids is 1. The fourth-order valence-electron chi connectivity index (χ4n) is 0.626. The lowest BCUT2D eigenvalue weighted by Gasteiger charge is -2.27. The van der Waals surface area contributed by atoms with E-state index in [-0.39, 0.29) is 0 Å². The standard InChI is InChI=1S/C6H13NO4/c1-6(2,10-3)4(11-7)5(8)9/h4H,7H2,1-3H3,(H,8,9)/t4-/m1/s1. The zero-order valence-corrected chi connectivity index (χ0v) is 6.83. The molecule has 3 N–H and O–H groups in total. The average Bonchev–Trinajstić information content (AvgIpc) is 1.88. The van der Waals surface area contributed by atoms with Crippen molar-refractivity contribution in [1.82, 2.24) is 0 Å². The van der Waals surface area contributed by atoms with E-state index >= 15 is 0 Å². The molecule has 0 saturated carbocycles. The van der Waals surface area contributed by atoms with Crippen molar-refractivity contribution in [2.75, 3.05) is 7.11 Å². The molecule has 0 aliphatic heterocycles. The molecule has 0 aliphatic carbocycles. The molecule has 0 unspecified atom stereocenters. The molecular weight excluding hydrogens is 150 g/mol. The van der Waals surface area contributed by atoms with Gasteiger partial charge >= 0.3 is 5.97 Å². The van der Waals surface area contributed by atoms with E-state index in [1.807, 2.05) is 0 Å². The fraction of sp³-hybridized carbons (Fsp3) is 0.833. The number of ether oxygens (including phenoxy) is 1. The molecule has 0 fully saturated rings. The summed E-state index contributed by atoms with van der Waals surface area (Å²) < 4.78 is 4.87. The smallest absolute Gasteiger partial charge is 0.338 e. The van der Waals surface area contributed by atoms with Crippen LogP contribution in [0.4, 0.5) is 0 Å². The Morgan fingerprint density at radius 2 is 2.09 bits per heavy atom. The van der Waals surface area contributed by atoms with Gasteiger partial charge in [0.05, 0.1) is 0 Å². The van der Waals surface area contributed by atoms with E-state index in [0.29, 0.717) is 0 Å². The van der Waals surface area contributed by atoms with Crippen molar-refractivity contribution in [3.63, 3.8) is 0 Å².